The Hall–Kier alpha value is -2.03. The molecule has 1 amide bonds. The number of amides is 1. The van der Waals surface area contributed by atoms with Gasteiger partial charge in [-0.1, -0.05) is 11.6 Å². The van der Waals surface area contributed by atoms with Crippen molar-refractivity contribution in [1.82, 2.24) is 0 Å². The van der Waals surface area contributed by atoms with Gasteiger partial charge in [-0.05, 0) is 43.2 Å². The molecule has 2 heterocycles. The Morgan fingerprint density at radius 3 is 3.00 bits per heavy atom. The molecule has 0 spiro atoms. The van der Waals surface area contributed by atoms with E-state index in [0.717, 1.165) is 16.0 Å². The number of ether oxygens (including phenoxy) is 1. The van der Waals surface area contributed by atoms with Gasteiger partial charge in [0.05, 0.1) is 5.56 Å². The first-order valence-electron chi connectivity index (χ1n) is 6.75. The summed E-state index contributed by atoms with van der Waals surface area (Å²) in [5, 5.41) is 13.2. The van der Waals surface area contributed by atoms with Gasteiger partial charge in [-0.25, -0.2) is 0 Å². The molecule has 4 nitrogen and oxygen atoms in total. The Labute approximate surface area is 137 Å². The lowest BCUT2D eigenvalue weighted by Crippen LogP contribution is -2.31. The number of nitrogens with zero attached hydrogens (tertiary/aromatic N) is 1. The van der Waals surface area contributed by atoms with E-state index in [-0.39, 0.29) is 5.91 Å². The third-order valence-corrected chi connectivity index (χ3v) is 5.08. The van der Waals surface area contributed by atoms with Gasteiger partial charge in [0.25, 0.3) is 5.91 Å². The fraction of sp³-hybridized carbons (Fsp3) is 0.250. The van der Waals surface area contributed by atoms with Gasteiger partial charge >= 0.3 is 0 Å². The van der Waals surface area contributed by atoms with Crippen molar-refractivity contribution < 1.29 is 9.53 Å². The highest BCUT2D eigenvalue weighted by atomic mass is 35.5. The summed E-state index contributed by atoms with van der Waals surface area (Å²) in [6, 6.07) is 7.46. The zero-order chi connectivity index (χ0) is 15.9. The van der Waals surface area contributed by atoms with Gasteiger partial charge in [0.15, 0.2) is 6.10 Å². The number of benzene rings is 1. The monoisotopic (exact) mass is 332 g/mol. The van der Waals surface area contributed by atoms with E-state index in [1.165, 1.54) is 11.3 Å². The van der Waals surface area contributed by atoms with Gasteiger partial charge in [-0.3, -0.25) is 4.79 Å². The first-order valence-corrected chi connectivity index (χ1v) is 7.95. The minimum absolute atomic E-state index is 0.245. The zero-order valence-electron chi connectivity index (χ0n) is 12.1. The predicted octanol–water partition coefficient (Wildman–Crippen LogP) is 3.83. The second-order valence-electron chi connectivity index (χ2n) is 5.15. The highest BCUT2D eigenvalue weighted by Gasteiger charge is 2.30. The van der Waals surface area contributed by atoms with Crippen molar-refractivity contribution in [1.29, 1.82) is 5.26 Å². The molecule has 0 saturated heterocycles. The molecule has 112 valence electrons. The molecule has 0 radical (unpaired) electrons. The highest BCUT2D eigenvalue weighted by Crippen LogP contribution is 2.34. The molecule has 6 heteroatoms. The summed E-state index contributed by atoms with van der Waals surface area (Å²) < 4.78 is 5.66. The summed E-state index contributed by atoms with van der Waals surface area (Å²) in [6.07, 6.45) is -0.116. The predicted molar refractivity (Wildman–Crippen MR) is 86.7 cm³/mol. The number of rotatable bonds is 2. The van der Waals surface area contributed by atoms with Crippen molar-refractivity contribution in [2.75, 3.05) is 5.32 Å². The van der Waals surface area contributed by atoms with Crippen molar-refractivity contribution in [2.24, 2.45) is 0 Å². The molecule has 1 aliphatic rings. The number of nitrogens with one attached hydrogen (secondary N) is 1. The summed E-state index contributed by atoms with van der Waals surface area (Å²) in [4.78, 5) is 13.4. The zero-order valence-corrected chi connectivity index (χ0v) is 13.6. The molecule has 0 saturated carbocycles. The van der Waals surface area contributed by atoms with Crippen LogP contribution in [0.15, 0.2) is 18.2 Å². The van der Waals surface area contributed by atoms with E-state index in [2.05, 4.69) is 11.4 Å². The molecular weight excluding hydrogens is 320 g/mol. The first kappa shape index (κ1) is 14.9. The highest BCUT2D eigenvalue weighted by molar-refractivity contribution is 7.16. The number of carbonyl (C=O) groups is 1. The molecule has 1 N–H and O–H groups in total. The van der Waals surface area contributed by atoms with Crippen LogP contribution in [-0.4, -0.2) is 12.0 Å². The molecule has 1 aromatic heterocycles. The van der Waals surface area contributed by atoms with Crippen molar-refractivity contribution in [2.45, 2.75) is 26.4 Å². The summed E-state index contributed by atoms with van der Waals surface area (Å²) in [7, 11) is 0. The minimum Gasteiger partial charge on any atom is -0.480 e. The number of hydrogen-bond donors (Lipinski definition) is 1. The second kappa shape index (κ2) is 5.64. The molecule has 1 aromatic carbocycles. The smallest absolute Gasteiger partial charge is 0.266 e. The average Bonchev–Trinajstić information content (AvgIpc) is 3.00. The van der Waals surface area contributed by atoms with Crippen LogP contribution in [0.2, 0.25) is 5.02 Å². The van der Waals surface area contributed by atoms with E-state index in [9.17, 15) is 10.1 Å². The molecule has 1 atom stereocenters. The van der Waals surface area contributed by atoms with Gasteiger partial charge in [0, 0.05) is 16.3 Å². The first-order chi connectivity index (χ1) is 10.5. The quantitative estimate of drug-likeness (QED) is 0.909. The van der Waals surface area contributed by atoms with Gasteiger partial charge in [-0.2, -0.15) is 5.26 Å². The number of thiophene rings is 1. The van der Waals surface area contributed by atoms with E-state index in [1.54, 1.807) is 12.1 Å². The maximum atomic E-state index is 12.4. The molecular formula is C16H13ClN2O2S. The van der Waals surface area contributed by atoms with Crippen LogP contribution in [0.4, 0.5) is 5.00 Å². The maximum absolute atomic E-state index is 12.4. The van der Waals surface area contributed by atoms with Crippen LogP contribution < -0.4 is 10.1 Å². The molecule has 1 aliphatic heterocycles. The lowest BCUT2D eigenvalue weighted by molar-refractivity contribution is -0.122. The fourth-order valence-electron chi connectivity index (χ4n) is 2.41. The van der Waals surface area contributed by atoms with Crippen LogP contribution in [0.3, 0.4) is 0 Å². The number of aryl methyl sites for hydroxylation is 1. The lowest BCUT2D eigenvalue weighted by Gasteiger charge is -2.10. The lowest BCUT2D eigenvalue weighted by atomic mass is 10.1. The van der Waals surface area contributed by atoms with Gasteiger partial charge in [0.1, 0.15) is 16.8 Å². The van der Waals surface area contributed by atoms with Crippen LogP contribution in [0, 0.1) is 25.2 Å². The molecule has 22 heavy (non-hydrogen) atoms. The number of fused-ring (bicyclic) bond motifs is 1. The Morgan fingerprint density at radius 2 is 2.27 bits per heavy atom. The van der Waals surface area contributed by atoms with Gasteiger partial charge in [-0.15, -0.1) is 11.3 Å². The van der Waals surface area contributed by atoms with E-state index < -0.39 is 6.10 Å². The molecule has 2 aromatic rings. The Morgan fingerprint density at radius 1 is 1.50 bits per heavy atom. The molecule has 0 fully saturated rings. The van der Waals surface area contributed by atoms with Crippen LogP contribution in [0.1, 0.15) is 21.6 Å². The number of nitriles is 1. The molecule has 3 rings (SSSR count). The normalized spacial score (nSPS) is 15.8. The van der Waals surface area contributed by atoms with Gasteiger partial charge < -0.3 is 10.1 Å². The fourth-order valence-corrected chi connectivity index (χ4v) is 3.61. The number of carbonyl (C=O) groups excluding carboxylic acids is 1. The SMILES string of the molecule is Cc1sc(NC(=O)C2Cc3cc(Cl)ccc3O2)c(C#N)c1C. The number of halogens is 1. The topological polar surface area (TPSA) is 62.1 Å². The Bertz CT molecular complexity index is 807. The molecule has 0 bridgehead atoms. The van der Waals surface area contributed by atoms with Crippen molar-refractivity contribution in [3.05, 3.63) is 44.8 Å². The third kappa shape index (κ3) is 2.56. The number of hydrogen-bond acceptors (Lipinski definition) is 4. The van der Waals surface area contributed by atoms with E-state index in [0.29, 0.717) is 27.8 Å². The van der Waals surface area contributed by atoms with Crippen LogP contribution in [0.25, 0.3) is 0 Å². The molecule has 0 aliphatic carbocycles. The Balaban J connectivity index is 1.77. The van der Waals surface area contributed by atoms with Crippen molar-refractivity contribution >= 4 is 33.8 Å². The Kier molecular flexibility index (Phi) is 3.81. The van der Waals surface area contributed by atoms with E-state index in [1.807, 2.05) is 19.9 Å². The van der Waals surface area contributed by atoms with E-state index >= 15 is 0 Å². The summed E-state index contributed by atoms with van der Waals surface area (Å²) >= 11 is 7.36. The summed E-state index contributed by atoms with van der Waals surface area (Å²) in [5.74, 6) is 0.439. The van der Waals surface area contributed by atoms with Crippen molar-refractivity contribution in [3.63, 3.8) is 0 Å². The maximum Gasteiger partial charge on any atom is 0.266 e. The standard InChI is InChI=1S/C16H13ClN2O2S/c1-8-9(2)22-16(12(8)7-18)19-15(20)14-6-10-5-11(17)3-4-13(10)21-14/h3-5,14H,6H2,1-2H3,(H,19,20). The largest absolute Gasteiger partial charge is 0.480 e. The molecule has 1 unspecified atom stereocenters. The second-order valence-corrected chi connectivity index (χ2v) is 6.81. The summed E-state index contributed by atoms with van der Waals surface area (Å²) in [6.45, 7) is 3.81. The third-order valence-electron chi connectivity index (χ3n) is 3.72. The van der Waals surface area contributed by atoms with E-state index in [4.69, 9.17) is 16.3 Å². The number of anilines is 1. The summed E-state index contributed by atoms with van der Waals surface area (Å²) in [5.41, 5.74) is 2.35. The van der Waals surface area contributed by atoms with Crippen LogP contribution in [-0.2, 0) is 11.2 Å². The van der Waals surface area contributed by atoms with Crippen LogP contribution in [0.5, 0.6) is 5.75 Å². The van der Waals surface area contributed by atoms with Crippen LogP contribution >= 0.6 is 22.9 Å². The van der Waals surface area contributed by atoms with Gasteiger partial charge in [0.2, 0.25) is 0 Å². The average molecular weight is 333 g/mol. The minimum atomic E-state index is -0.595. The van der Waals surface area contributed by atoms with Crippen molar-refractivity contribution in [3.8, 4) is 11.8 Å².